The fraction of sp³-hybridized carbons (Fsp3) is 0.842. The highest BCUT2D eigenvalue weighted by atomic mass is 16.5. The lowest BCUT2D eigenvalue weighted by Gasteiger charge is -2.53. The first-order valence-corrected chi connectivity index (χ1v) is 8.89. The maximum Gasteiger partial charge on any atom is 0.155 e. The van der Waals surface area contributed by atoms with Gasteiger partial charge >= 0.3 is 0 Å². The van der Waals surface area contributed by atoms with Gasteiger partial charge in [0.05, 0.1) is 6.10 Å². The molecular formula is C19H28O2. The van der Waals surface area contributed by atoms with Crippen molar-refractivity contribution in [2.45, 2.75) is 64.4 Å². The third kappa shape index (κ3) is 1.98. The lowest BCUT2D eigenvalue weighted by molar-refractivity contribution is -0.116. The van der Waals surface area contributed by atoms with Gasteiger partial charge in [0.2, 0.25) is 0 Å². The Morgan fingerprint density at radius 2 is 1.95 bits per heavy atom. The number of rotatable bonds is 1. The Balaban J connectivity index is 1.61. The molecule has 4 rings (SSSR count). The molecule has 116 valence electrons. The van der Waals surface area contributed by atoms with Crippen molar-refractivity contribution >= 4 is 5.78 Å². The van der Waals surface area contributed by atoms with Crippen molar-refractivity contribution in [3.63, 3.8) is 0 Å². The Kier molecular flexibility index (Phi) is 3.29. The molecule has 4 aliphatic carbocycles. The summed E-state index contributed by atoms with van der Waals surface area (Å²) in [4.78, 5) is 11.7. The van der Waals surface area contributed by atoms with Gasteiger partial charge in [0.1, 0.15) is 0 Å². The van der Waals surface area contributed by atoms with Crippen LogP contribution in [0, 0.1) is 29.1 Å². The van der Waals surface area contributed by atoms with Gasteiger partial charge in [0.15, 0.2) is 5.78 Å². The Morgan fingerprint density at radius 1 is 1.10 bits per heavy atom. The van der Waals surface area contributed by atoms with Crippen molar-refractivity contribution in [3.05, 3.63) is 11.6 Å². The van der Waals surface area contributed by atoms with Crippen LogP contribution in [0.4, 0.5) is 0 Å². The highest BCUT2D eigenvalue weighted by Crippen LogP contribution is 2.62. The second-order valence-corrected chi connectivity index (χ2v) is 8.15. The fourth-order valence-electron chi connectivity index (χ4n) is 6.52. The van der Waals surface area contributed by atoms with Gasteiger partial charge in [0.25, 0.3) is 0 Å². The summed E-state index contributed by atoms with van der Waals surface area (Å²) in [6.07, 6.45) is 12.2. The van der Waals surface area contributed by atoms with Crippen molar-refractivity contribution in [2.24, 2.45) is 29.1 Å². The molecular weight excluding hydrogens is 260 g/mol. The summed E-state index contributed by atoms with van der Waals surface area (Å²) in [5.74, 6) is 3.71. The molecule has 0 saturated heterocycles. The van der Waals surface area contributed by atoms with Gasteiger partial charge in [-0.3, -0.25) is 4.79 Å². The molecule has 1 unspecified atom stereocenters. The molecule has 0 aromatic rings. The van der Waals surface area contributed by atoms with Gasteiger partial charge in [-0.1, -0.05) is 12.5 Å². The molecule has 0 aromatic heterocycles. The van der Waals surface area contributed by atoms with Crippen LogP contribution in [0.15, 0.2) is 11.6 Å². The van der Waals surface area contributed by atoms with Crippen LogP contribution in [0.25, 0.3) is 0 Å². The van der Waals surface area contributed by atoms with Crippen LogP contribution in [0.5, 0.6) is 0 Å². The van der Waals surface area contributed by atoms with Gasteiger partial charge in [-0.2, -0.15) is 0 Å². The molecule has 0 N–H and O–H groups in total. The van der Waals surface area contributed by atoms with E-state index >= 15 is 0 Å². The SMILES string of the molecule is CO[C@H]1CC[C@H]2[C@@H]3CCC4=CC(=O)CCC4[C@H]3CC[C@]12C. The topological polar surface area (TPSA) is 26.3 Å². The average molecular weight is 288 g/mol. The number of carbonyl (C=O) groups excluding carboxylic acids is 1. The van der Waals surface area contributed by atoms with Gasteiger partial charge in [-0.25, -0.2) is 0 Å². The minimum Gasteiger partial charge on any atom is -0.381 e. The van der Waals surface area contributed by atoms with E-state index in [0.717, 1.165) is 36.5 Å². The first-order chi connectivity index (χ1) is 10.1. The van der Waals surface area contributed by atoms with Crippen LogP contribution < -0.4 is 0 Å². The molecule has 0 aliphatic heterocycles. The molecule has 0 spiro atoms. The Labute approximate surface area is 128 Å². The summed E-state index contributed by atoms with van der Waals surface area (Å²) in [7, 11) is 1.90. The average Bonchev–Trinajstić information content (AvgIpc) is 2.83. The summed E-state index contributed by atoms with van der Waals surface area (Å²) in [6.45, 7) is 2.49. The first kappa shape index (κ1) is 14.0. The maximum atomic E-state index is 11.7. The summed E-state index contributed by atoms with van der Waals surface area (Å²) in [6, 6.07) is 0. The number of allylic oxidation sites excluding steroid dienone is 1. The number of methoxy groups -OCH3 is 1. The molecule has 0 heterocycles. The molecule has 0 bridgehead atoms. The molecule has 2 nitrogen and oxygen atoms in total. The van der Waals surface area contributed by atoms with Gasteiger partial charge in [-0.05, 0) is 80.1 Å². The zero-order valence-electron chi connectivity index (χ0n) is 13.4. The Bertz CT molecular complexity index is 480. The third-order valence-electron chi connectivity index (χ3n) is 7.50. The van der Waals surface area contributed by atoms with E-state index in [9.17, 15) is 4.79 Å². The molecule has 0 amide bonds. The second kappa shape index (κ2) is 4.94. The van der Waals surface area contributed by atoms with E-state index in [1.54, 1.807) is 0 Å². The number of hydrogen-bond donors (Lipinski definition) is 0. The van der Waals surface area contributed by atoms with E-state index in [1.165, 1.54) is 44.1 Å². The largest absolute Gasteiger partial charge is 0.381 e. The van der Waals surface area contributed by atoms with Crippen LogP contribution >= 0.6 is 0 Å². The number of hydrogen-bond acceptors (Lipinski definition) is 2. The molecule has 21 heavy (non-hydrogen) atoms. The summed E-state index contributed by atoms with van der Waals surface area (Å²) >= 11 is 0. The summed E-state index contributed by atoms with van der Waals surface area (Å²) < 4.78 is 5.83. The van der Waals surface area contributed by atoms with E-state index in [-0.39, 0.29) is 0 Å². The van der Waals surface area contributed by atoms with Crippen LogP contribution in [-0.4, -0.2) is 19.0 Å². The Morgan fingerprint density at radius 3 is 2.76 bits per heavy atom. The van der Waals surface area contributed by atoms with Gasteiger partial charge in [-0.15, -0.1) is 0 Å². The first-order valence-electron chi connectivity index (χ1n) is 8.89. The van der Waals surface area contributed by atoms with Crippen molar-refractivity contribution in [1.29, 1.82) is 0 Å². The van der Waals surface area contributed by atoms with Gasteiger partial charge < -0.3 is 4.74 Å². The Hall–Kier alpha value is -0.630. The number of carbonyl (C=O) groups is 1. The summed E-state index contributed by atoms with van der Waals surface area (Å²) in [5.41, 5.74) is 1.92. The van der Waals surface area contributed by atoms with E-state index in [2.05, 4.69) is 6.92 Å². The normalized spacial score (nSPS) is 49.1. The molecule has 0 aromatic carbocycles. The van der Waals surface area contributed by atoms with Crippen LogP contribution in [0.1, 0.15) is 58.3 Å². The predicted octanol–water partition coefficient (Wildman–Crippen LogP) is 4.14. The minimum absolute atomic E-state index is 0.376. The molecule has 3 fully saturated rings. The fourth-order valence-corrected chi connectivity index (χ4v) is 6.52. The number of ketones is 1. The molecule has 6 atom stereocenters. The zero-order valence-corrected chi connectivity index (χ0v) is 13.4. The lowest BCUT2D eigenvalue weighted by Crippen LogP contribution is -2.47. The van der Waals surface area contributed by atoms with Gasteiger partial charge in [0, 0.05) is 13.5 Å². The number of fused-ring (bicyclic) bond motifs is 5. The van der Waals surface area contributed by atoms with E-state index in [0.29, 0.717) is 17.3 Å². The maximum absolute atomic E-state index is 11.7. The van der Waals surface area contributed by atoms with Crippen LogP contribution in [0.2, 0.25) is 0 Å². The molecule has 0 radical (unpaired) electrons. The highest BCUT2D eigenvalue weighted by molar-refractivity contribution is 5.91. The predicted molar refractivity (Wildman–Crippen MR) is 82.9 cm³/mol. The van der Waals surface area contributed by atoms with Crippen LogP contribution in [-0.2, 0) is 9.53 Å². The molecule has 4 aliphatic rings. The smallest absolute Gasteiger partial charge is 0.155 e. The number of ether oxygens (including phenoxy) is 1. The van der Waals surface area contributed by atoms with Crippen molar-refractivity contribution in [2.75, 3.05) is 7.11 Å². The monoisotopic (exact) mass is 288 g/mol. The summed E-state index contributed by atoms with van der Waals surface area (Å²) in [5, 5.41) is 0. The molecule has 2 heteroatoms. The third-order valence-corrected chi connectivity index (χ3v) is 7.50. The van der Waals surface area contributed by atoms with E-state index in [4.69, 9.17) is 4.74 Å². The molecule has 3 saturated carbocycles. The zero-order chi connectivity index (χ0) is 14.6. The van der Waals surface area contributed by atoms with Crippen molar-refractivity contribution < 1.29 is 9.53 Å². The van der Waals surface area contributed by atoms with Crippen molar-refractivity contribution in [1.82, 2.24) is 0 Å². The standard InChI is InChI=1S/C19H28O2/c1-19-10-9-15-14-6-4-13(20)11-12(14)3-5-16(15)17(19)7-8-18(19)21-2/h11,14-18H,3-10H2,1-2H3/t14?,15-,16-,17+,18+,19+/m1/s1. The lowest BCUT2D eigenvalue weighted by atomic mass is 9.52. The van der Waals surface area contributed by atoms with Crippen LogP contribution in [0.3, 0.4) is 0 Å². The highest BCUT2D eigenvalue weighted by Gasteiger charge is 2.56. The minimum atomic E-state index is 0.376. The van der Waals surface area contributed by atoms with E-state index in [1.807, 2.05) is 13.2 Å². The van der Waals surface area contributed by atoms with Crippen molar-refractivity contribution in [3.8, 4) is 0 Å². The van der Waals surface area contributed by atoms with E-state index < -0.39 is 0 Å². The second-order valence-electron chi connectivity index (χ2n) is 8.15. The quantitative estimate of drug-likeness (QED) is 0.724.